The van der Waals surface area contributed by atoms with Crippen molar-refractivity contribution >= 4 is 5.91 Å². The minimum Gasteiger partial charge on any atom is -0.339 e. The number of carbonyl (C=O) groups is 1. The molecular formula is C14H24N2O. The van der Waals surface area contributed by atoms with Crippen LogP contribution in [-0.4, -0.2) is 29.9 Å². The SMILES string of the molecule is NCCCC1CCCN1C(=O)C1C2CCCC21. The predicted molar refractivity (Wildman–Crippen MR) is 67.3 cm³/mol. The molecule has 1 saturated heterocycles. The molecular weight excluding hydrogens is 212 g/mol. The van der Waals surface area contributed by atoms with Crippen molar-refractivity contribution in [2.24, 2.45) is 23.5 Å². The summed E-state index contributed by atoms with van der Waals surface area (Å²) in [5, 5.41) is 0. The standard InChI is InChI=1S/C14H24N2O/c15-8-2-4-10-5-3-9-16(10)14(17)13-11-6-1-7-12(11)13/h10-13H,1-9,15H2. The molecule has 17 heavy (non-hydrogen) atoms. The van der Waals surface area contributed by atoms with Crippen LogP contribution in [0.15, 0.2) is 0 Å². The van der Waals surface area contributed by atoms with Crippen LogP contribution in [0.5, 0.6) is 0 Å². The zero-order chi connectivity index (χ0) is 11.8. The monoisotopic (exact) mass is 236 g/mol. The van der Waals surface area contributed by atoms with E-state index in [1.165, 1.54) is 32.1 Å². The van der Waals surface area contributed by atoms with Crippen molar-refractivity contribution in [1.29, 1.82) is 0 Å². The third-order valence-corrected chi connectivity index (χ3v) is 5.09. The van der Waals surface area contributed by atoms with E-state index in [2.05, 4.69) is 4.90 Å². The Kier molecular flexibility index (Phi) is 3.12. The van der Waals surface area contributed by atoms with Crippen LogP contribution in [0, 0.1) is 17.8 Å². The maximum atomic E-state index is 12.5. The molecule has 1 aliphatic heterocycles. The quantitative estimate of drug-likeness (QED) is 0.808. The first-order valence-corrected chi connectivity index (χ1v) is 7.33. The molecule has 0 bridgehead atoms. The van der Waals surface area contributed by atoms with Gasteiger partial charge >= 0.3 is 0 Å². The number of likely N-dealkylation sites (tertiary alicyclic amines) is 1. The van der Waals surface area contributed by atoms with Gasteiger partial charge < -0.3 is 10.6 Å². The number of carbonyl (C=O) groups excluding carboxylic acids is 1. The highest BCUT2D eigenvalue weighted by Crippen LogP contribution is 2.58. The van der Waals surface area contributed by atoms with E-state index in [0.717, 1.165) is 37.8 Å². The second-order valence-corrected chi connectivity index (χ2v) is 6.04. The van der Waals surface area contributed by atoms with Gasteiger partial charge in [0.2, 0.25) is 5.91 Å². The first kappa shape index (κ1) is 11.5. The van der Waals surface area contributed by atoms with Crippen molar-refractivity contribution < 1.29 is 4.79 Å². The maximum Gasteiger partial charge on any atom is 0.226 e. The number of nitrogens with two attached hydrogens (primary N) is 1. The molecule has 0 radical (unpaired) electrons. The van der Waals surface area contributed by atoms with Crippen LogP contribution in [-0.2, 0) is 4.79 Å². The van der Waals surface area contributed by atoms with Gasteiger partial charge in [-0.25, -0.2) is 0 Å². The molecule has 0 aromatic rings. The molecule has 2 aliphatic carbocycles. The Balaban J connectivity index is 1.57. The summed E-state index contributed by atoms with van der Waals surface area (Å²) in [6.45, 7) is 1.76. The summed E-state index contributed by atoms with van der Waals surface area (Å²) in [7, 11) is 0. The van der Waals surface area contributed by atoms with Crippen LogP contribution in [0.4, 0.5) is 0 Å². The van der Waals surface area contributed by atoms with Crippen LogP contribution in [0.3, 0.4) is 0 Å². The molecule has 3 unspecified atom stereocenters. The summed E-state index contributed by atoms with van der Waals surface area (Å²) in [5.74, 6) is 2.43. The first-order valence-electron chi connectivity index (χ1n) is 7.33. The van der Waals surface area contributed by atoms with E-state index in [-0.39, 0.29) is 0 Å². The molecule has 3 rings (SSSR count). The van der Waals surface area contributed by atoms with E-state index in [1.807, 2.05) is 0 Å². The lowest BCUT2D eigenvalue weighted by Crippen LogP contribution is -2.37. The lowest BCUT2D eigenvalue weighted by molar-refractivity contribution is -0.134. The molecule has 3 aliphatic rings. The Morgan fingerprint density at radius 1 is 1.18 bits per heavy atom. The van der Waals surface area contributed by atoms with E-state index in [0.29, 0.717) is 17.9 Å². The van der Waals surface area contributed by atoms with Crippen LogP contribution >= 0.6 is 0 Å². The molecule has 96 valence electrons. The van der Waals surface area contributed by atoms with Gasteiger partial charge in [0.1, 0.15) is 0 Å². The molecule has 2 saturated carbocycles. The van der Waals surface area contributed by atoms with Gasteiger partial charge in [0.15, 0.2) is 0 Å². The van der Waals surface area contributed by atoms with Crippen LogP contribution in [0.1, 0.15) is 44.9 Å². The molecule has 2 N–H and O–H groups in total. The number of amides is 1. The fraction of sp³-hybridized carbons (Fsp3) is 0.929. The number of hydrogen-bond acceptors (Lipinski definition) is 2. The Morgan fingerprint density at radius 3 is 2.65 bits per heavy atom. The summed E-state index contributed by atoms with van der Waals surface area (Å²) in [6, 6.07) is 0.507. The number of fused-ring (bicyclic) bond motifs is 1. The molecule has 1 amide bonds. The highest BCUT2D eigenvalue weighted by atomic mass is 16.2. The number of rotatable bonds is 4. The van der Waals surface area contributed by atoms with Gasteiger partial charge in [-0.05, 0) is 56.9 Å². The third kappa shape index (κ3) is 1.99. The number of hydrogen-bond donors (Lipinski definition) is 1. The zero-order valence-electron chi connectivity index (χ0n) is 10.6. The van der Waals surface area contributed by atoms with Crippen molar-refractivity contribution in [3.05, 3.63) is 0 Å². The molecule has 3 heteroatoms. The van der Waals surface area contributed by atoms with Crippen molar-refractivity contribution in [1.82, 2.24) is 4.90 Å². The van der Waals surface area contributed by atoms with Gasteiger partial charge in [-0.15, -0.1) is 0 Å². The molecule has 1 heterocycles. The lowest BCUT2D eigenvalue weighted by atomic mass is 10.1. The molecule has 3 fully saturated rings. The summed E-state index contributed by atoms with van der Waals surface area (Å²) < 4.78 is 0. The van der Waals surface area contributed by atoms with E-state index >= 15 is 0 Å². The van der Waals surface area contributed by atoms with E-state index < -0.39 is 0 Å². The maximum absolute atomic E-state index is 12.5. The second-order valence-electron chi connectivity index (χ2n) is 6.04. The Labute approximate surface area is 104 Å². The van der Waals surface area contributed by atoms with Crippen molar-refractivity contribution in [3.63, 3.8) is 0 Å². The predicted octanol–water partition coefficient (Wildman–Crippen LogP) is 1.76. The van der Waals surface area contributed by atoms with E-state index in [1.54, 1.807) is 0 Å². The molecule has 0 aromatic heterocycles. The fourth-order valence-corrected chi connectivity index (χ4v) is 4.16. The van der Waals surface area contributed by atoms with Gasteiger partial charge in [0.25, 0.3) is 0 Å². The minimum atomic E-state index is 0.419. The first-order chi connectivity index (χ1) is 8.33. The third-order valence-electron chi connectivity index (χ3n) is 5.09. The molecule has 3 nitrogen and oxygen atoms in total. The fourth-order valence-electron chi connectivity index (χ4n) is 4.16. The summed E-state index contributed by atoms with van der Waals surface area (Å²) in [4.78, 5) is 14.7. The Morgan fingerprint density at radius 2 is 1.94 bits per heavy atom. The molecule has 0 aromatic carbocycles. The highest BCUT2D eigenvalue weighted by molar-refractivity contribution is 5.83. The summed E-state index contributed by atoms with van der Waals surface area (Å²) in [5.41, 5.74) is 5.57. The smallest absolute Gasteiger partial charge is 0.226 e. The van der Waals surface area contributed by atoms with Crippen LogP contribution < -0.4 is 5.73 Å². The normalized spacial score (nSPS) is 39.5. The van der Waals surface area contributed by atoms with E-state index in [9.17, 15) is 4.79 Å². The van der Waals surface area contributed by atoms with E-state index in [4.69, 9.17) is 5.73 Å². The molecule has 3 atom stereocenters. The minimum absolute atomic E-state index is 0.419. The largest absolute Gasteiger partial charge is 0.339 e. The number of nitrogens with zero attached hydrogens (tertiary/aromatic N) is 1. The van der Waals surface area contributed by atoms with Gasteiger partial charge in [-0.2, -0.15) is 0 Å². The topological polar surface area (TPSA) is 46.3 Å². The van der Waals surface area contributed by atoms with Gasteiger partial charge in [-0.3, -0.25) is 4.79 Å². The summed E-state index contributed by atoms with van der Waals surface area (Å²) in [6.07, 6.45) is 8.55. The molecule has 0 spiro atoms. The van der Waals surface area contributed by atoms with Crippen LogP contribution in [0.2, 0.25) is 0 Å². The Bertz CT molecular complexity index is 295. The second kappa shape index (κ2) is 4.60. The van der Waals surface area contributed by atoms with Crippen molar-refractivity contribution in [2.75, 3.05) is 13.1 Å². The van der Waals surface area contributed by atoms with Gasteiger partial charge in [0, 0.05) is 18.5 Å². The van der Waals surface area contributed by atoms with Gasteiger partial charge in [-0.1, -0.05) is 6.42 Å². The average molecular weight is 236 g/mol. The average Bonchev–Trinajstić information content (AvgIpc) is 2.76. The lowest BCUT2D eigenvalue weighted by Gasteiger charge is -2.25. The van der Waals surface area contributed by atoms with Crippen molar-refractivity contribution in [3.8, 4) is 0 Å². The van der Waals surface area contributed by atoms with Crippen molar-refractivity contribution in [2.45, 2.75) is 51.0 Å². The highest BCUT2D eigenvalue weighted by Gasteiger charge is 2.58. The summed E-state index contributed by atoms with van der Waals surface area (Å²) >= 11 is 0. The zero-order valence-corrected chi connectivity index (χ0v) is 10.6. The van der Waals surface area contributed by atoms with Crippen LogP contribution in [0.25, 0.3) is 0 Å². The van der Waals surface area contributed by atoms with Gasteiger partial charge in [0.05, 0.1) is 0 Å². The Hall–Kier alpha value is -0.570.